The van der Waals surface area contributed by atoms with Crippen LogP contribution in [0.15, 0.2) is 46.2 Å². The van der Waals surface area contributed by atoms with E-state index in [0.29, 0.717) is 28.5 Å². The number of hydrogen-bond acceptors (Lipinski definition) is 5. The monoisotopic (exact) mass is 607 g/mol. The van der Waals surface area contributed by atoms with Gasteiger partial charge < -0.3 is 14.5 Å². The molecule has 0 aliphatic carbocycles. The van der Waals surface area contributed by atoms with E-state index in [1.807, 2.05) is 7.05 Å². The van der Waals surface area contributed by atoms with E-state index in [1.165, 1.54) is 43.8 Å². The van der Waals surface area contributed by atoms with Gasteiger partial charge in [0, 0.05) is 42.9 Å². The highest BCUT2D eigenvalue weighted by molar-refractivity contribution is 7.99. The van der Waals surface area contributed by atoms with Gasteiger partial charge >= 0.3 is 6.18 Å². The van der Waals surface area contributed by atoms with Crippen molar-refractivity contribution in [2.45, 2.75) is 43.4 Å². The summed E-state index contributed by atoms with van der Waals surface area (Å²) in [6, 6.07) is 7.06. The third kappa shape index (κ3) is 5.96. The van der Waals surface area contributed by atoms with Crippen LogP contribution in [0.25, 0.3) is 11.1 Å². The van der Waals surface area contributed by atoms with E-state index in [9.17, 15) is 18.0 Å². The Kier molecular flexibility index (Phi) is 9.01. The fraction of sp³-hybridized carbons (Fsp3) is 0.452. The number of aromatic nitrogens is 1. The third-order valence-electron chi connectivity index (χ3n) is 8.26. The summed E-state index contributed by atoms with van der Waals surface area (Å²) in [5.41, 5.74) is -1.25. The SMILES string of the molecule is COc1cccc(-c2c(C)c(Cc3c(F)cccc3C(F)(F)F)c3n(c2=O)C(CN(C)CCN2CCCC2)CS3)c1F. The Morgan fingerprint density at radius 3 is 2.48 bits per heavy atom. The van der Waals surface area contributed by atoms with Gasteiger partial charge in [0.15, 0.2) is 11.6 Å². The largest absolute Gasteiger partial charge is 0.494 e. The van der Waals surface area contributed by atoms with Gasteiger partial charge in [-0.25, -0.2) is 8.78 Å². The molecule has 11 heteroatoms. The van der Waals surface area contributed by atoms with Crippen LogP contribution < -0.4 is 10.3 Å². The Morgan fingerprint density at radius 2 is 1.79 bits per heavy atom. The third-order valence-corrected chi connectivity index (χ3v) is 9.53. The lowest BCUT2D eigenvalue weighted by molar-refractivity contribution is -0.138. The summed E-state index contributed by atoms with van der Waals surface area (Å²) < 4.78 is 79.1. The van der Waals surface area contributed by atoms with Gasteiger partial charge in [-0.05, 0) is 69.2 Å². The summed E-state index contributed by atoms with van der Waals surface area (Å²) in [4.78, 5) is 18.7. The zero-order valence-corrected chi connectivity index (χ0v) is 24.7. The molecule has 1 fully saturated rings. The highest BCUT2D eigenvalue weighted by Gasteiger charge is 2.37. The molecule has 3 heterocycles. The van der Waals surface area contributed by atoms with Crippen LogP contribution >= 0.6 is 11.8 Å². The van der Waals surface area contributed by atoms with Gasteiger partial charge in [0.05, 0.1) is 29.3 Å². The highest BCUT2D eigenvalue weighted by Crippen LogP contribution is 2.42. The summed E-state index contributed by atoms with van der Waals surface area (Å²) in [5.74, 6) is -1.26. The van der Waals surface area contributed by atoms with E-state index < -0.39 is 40.9 Å². The number of ether oxygens (including phenoxy) is 1. The van der Waals surface area contributed by atoms with Gasteiger partial charge in [0.1, 0.15) is 5.82 Å². The first-order valence-corrected chi connectivity index (χ1v) is 15.0. The predicted molar refractivity (Wildman–Crippen MR) is 155 cm³/mol. The highest BCUT2D eigenvalue weighted by atomic mass is 32.2. The molecule has 0 radical (unpaired) electrons. The van der Waals surface area contributed by atoms with E-state index in [4.69, 9.17) is 4.74 Å². The van der Waals surface area contributed by atoms with Crippen LogP contribution in [-0.2, 0) is 12.6 Å². The summed E-state index contributed by atoms with van der Waals surface area (Å²) in [6.07, 6.45) is -2.78. The van der Waals surface area contributed by atoms with Crippen LogP contribution in [0, 0.1) is 18.6 Å². The second-order valence-corrected chi connectivity index (χ2v) is 12.0. The maximum absolute atomic E-state index is 15.6. The van der Waals surface area contributed by atoms with Crippen molar-refractivity contribution in [1.29, 1.82) is 0 Å². The Balaban J connectivity index is 1.62. The molecule has 0 amide bonds. The number of rotatable bonds is 9. The van der Waals surface area contributed by atoms with Gasteiger partial charge in [-0.3, -0.25) is 9.36 Å². The smallest absolute Gasteiger partial charge is 0.416 e. The minimum Gasteiger partial charge on any atom is -0.494 e. The molecular weight excluding hydrogens is 573 g/mol. The van der Waals surface area contributed by atoms with E-state index in [0.717, 1.165) is 44.4 Å². The quantitative estimate of drug-likeness (QED) is 0.264. The first-order valence-electron chi connectivity index (χ1n) is 14.0. The molecule has 1 aromatic heterocycles. The Bertz CT molecular complexity index is 1520. The number of hydrogen-bond donors (Lipinski definition) is 0. The summed E-state index contributed by atoms with van der Waals surface area (Å²) in [6.45, 7) is 5.98. The van der Waals surface area contributed by atoms with Gasteiger partial charge in [0.25, 0.3) is 5.56 Å². The van der Waals surface area contributed by atoms with Gasteiger partial charge in [-0.1, -0.05) is 18.2 Å². The minimum absolute atomic E-state index is 0.00369. The number of thioether (sulfide) groups is 1. The van der Waals surface area contributed by atoms with Crippen LogP contribution in [-0.4, -0.2) is 67.0 Å². The van der Waals surface area contributed by atoms with Crippen LogP contribution in [0.4, 0.5) is 22.0 Å². The summed E-state index contributed by atoms with van der Waals surface area (Å²) in [5, 5.41) is 0.499. The Labute approximate surface area is 246 Å². The van der Waals surface area contributed by atoms with Crippen molar-refractivity contribution in [3.63, 3.8) is 0 Å². The molecule has 0 N–H and O–H groups in total. The van der Waals surface area contributed by atoms with Crippen LogP contribution in [0.1, 0.15) is 41.1 Å². The zero-order chi connectivity index (χ0) is 30.2. The van der Waals surface area contributed by atoms with E-state index in [1.54, 1.807) is 17.6 Å². The number of methoxy groups -OCH3 is 1. The van der Waals surface area contributed by atoms with Gasteiger partial charge in [-0.2, -0.15) is 13.2 Å². The van der Waals surface area contributed by atoms with Crippen molar-refractivity contribution in [2.75, 3.05) is 52.6 Å². The molecule has 2 aromatic carbocycles. The molecule has 0 saturated carbocycles. The molecule has 42 heavy (non-hydrogen) atoms. The second-order valence-electron chi connectivity index (χ2n) is 11.0. The molecule has 5 nitrogen and oxygen atoms in total. The van der Waals surface area contributed by atoms with Gasteiger partial charge in [-0.15, -0.1) is 11.8 Å². The van der Waals surface area contributed by atoms with Gasteiger partial charge in [0.2, 0.25) is 0 Å². The number of alkyl halides is 3. The number of likely N-dealkylation sites (tertiary alicyclic amines) is 1. The molecule has 0 bridgehead atoms. The average molecular weight is 608 g/mol. The van der Waals surface area contributed by atoms with E-state index in [2.05, 4.69) is 9.80 Å². The van der Waals surface area contributed by atoms with E-state index in [-0.39, 0.29) is 22.9 Å². The minimum atomic E-state index is -4.77. The van der Waals surface area contributed by atoms with Crippen molar-refractivity contribution < 1.29 is 26.7 Å². The fourth-order valence-electron chi connectivity index (χ4n) is 6.04. The number of benzene rings is 2. The first-order chi connectivity index (χ1) is 20.0. The lowest BCUT2D eigenvalue weighted by Gasteiger charge is -2.26. The number of nitrogens with zero attached hydrogens (tertiary/aromatic N) is 3. The lowest BCUT2D eigenvalue weighted by atomic mass is 9.92. The van der Waals surface area contributed by atoms with Crippen LogP contribution in [0.2, 0.25) is 0 Å². The first kappa shape index (κ1) is 30.6. The van der Waals surface area contributed by atoms with Crippen molar-refractivity contribution in [3.05, 3.63) is 80.6 Å². The summed E-state index contributed by atoms with van der Waals surface area (Å²) >= 11 is 1.37. The van der Waals surface area contributed by atoms with Crippen LogP contribution in [0.3, 0.4) is 0 Å². The number of likely N-dealkylation sites (N-methyl/N-ethyl adjacent to an activating group) is 1. The van der Waals surface area contributed by atoms with Crippen molar-refractivity contribution in [2.24, 2.45) is 0 Å². The fourth-order valence-corrected chi connectivity index (χ4v) is 7.41. The predicted octanol–water partition coefficient (Wildman–Crippen LogP) is 6.39. The molecule has 1 atom stereocenters. The Hall–Kier alpha value is -2.89. The molecule has 0 spiro atoms. The second kappa shape index (κ2) is 12.4. The number of halogens is 5. The lowest BCUT2D eigenvalue weighted by Crippen LogP contribution is -2.37. The molecule has 5 rings (SSSR count). The van der Waals surface area contributed by atoms with Crippen molar-refractivity contribution in [1.82, 2.24) is 14.4 Å². The molecule has 2 aliphatic heterocycles. The standard InChI is InChI=1S/C31H34F5N3O2S/c1-19-22(16-23-24(31(34,35)36)9-7-10-25(23)32)30-39(29(40)27(19)21-8-6-11-26(41-3)28(21)33)20(18-42-30)17-37(2)14-15-38-12-4-5-13-38/h6-11,20H,4-5,12-18H2,1-3H3. The molecule has 1 saturated heterocycles. The maximum atomic E-state index is 15.6. The zero-order valence-electron chi connectivity index (χ0n) is 23.9. The molecule has 1 unspecified atom stereocenters. The number of fused-ring (bicyclic) bond motifs is 1. The molecule has 226 valence electrons. The van der Waals surface area contributed by atoms with Crippen LogP contribution in [0.5, 0.6) is 5.75 Å². The molecule has 2 aliphatic rings. The average Bonchev–Trinajstić information content (AvgIpc) is 3.61. The normalized spacial score (nSPS) is 17.3. The topological polar surface area (TPSA) is 37.7 Å². The van der Waals surface area contributed by atoms with Crippen molar-refractivity contribution >= 4 is 11.8 Å². The van der Waals surface area contributed by atoms with Crippen molar-refractivity contribution in [3.8, 4) is 16.9 Å². The maximum Gasteiger partial charge on any atom is 0.416 e. The number of pyridine rings is 1. The Morgan fingerprint density at radius 1 is 1.07 bits per heavy atom. The molecular formula is C31H34F5N3O2S. The molecule has 3 aromatic rings. The summed E-state index contributed by atoms with van der Waals surface area (Å²) in [7, 11) is 3.30. The van der Waals surface area contributed by atoms with E-state index >= 15 is 8.78 Å².